The molecule has 3 saturated heterocycles. The highest BCUT2D eigenvalue weighted by Crippen LogP contribution is 2.35. The number of nitrogens with zero attached hydrogens (tertiary/aromatic N) is 7. The van der Waals surface area contributed by atoms with Crippen molar-refractivity contribution in [2.45, 2.75) is 48.9 Å². The Morgan fingerprint density at radius 2 is 2.10 bits per heavy atom. The molecule has 0 saturated carbocycles. The number of sulfonamides is 1. The molecule has 3 aromatic heterocycles. The number of aromatic nitrogens is 4. The van der Waals surface area contributed by atoms with Crippen molar-refractivity contribution in [3.63, 3.8) is 0 Å². The molecular formula is C23H26F2N8O4S2. The van der Waals surface area contributed by atoms with E-state index in [0.29, 0.717) is 49.0 Å². The lowest BCUT2D eigenvalue weighted by atomic mass is 9.92. The number of pyridine rings is 1. The summed E-state index contributed by atoms with van der Waals surface area (Å²) in [5, 5.41) is 16.9. The third-order valence-corrected chi connectivity index (χ3v) is 10.0. The molecule has 39 heavy (non-hydrogen) atoms. The number of halogens is 2. The van der Waals surface area contributed by atoms with E-state index in [1.807, 2.05) is 6.07 Å². The number of morpholine rings is 1. The van der Waals surface area contributed by atoms with Gasteiger partial charge >= 0.3 is 0 Å². The Hall–Kier alpha value is -2.81. The van der Waals surface area contributed by atoms with Crippen LogP contribution in [0, 0.1) is 11.3 Å². The van der Waals surface area contributed by atoms with Crippen molar-refractivity contribution in [1.29, 1.82) is 5.26 Å². The van der Waals surface area contributed by atoms with Gasteiger partial charge in [-0.05, 0) is 26.0 Å². The third-order valence-electron chi connectivity index (χ3n) is 7.59. The second-order valence-electron chi connectivity index (χ2n) is 10.0. The normalized spacial score (nSPS) is 27.9. The lowest BCUT2D eigenvalue weighted by molar-refractivity contribution is -0.102. The van der Waals surface area contributed by atoms with Crippen molar-refractivity contribution in [1.82, 2.24) is 29.2 Å². The van der Waals surface area contributed by atoms with E-state index in [2.05, 4.69) is 36.6 Å². The summed E-state index contributed by atoms with van der Waals surface area (Å²) in [6.07, 6.45) is -1.88. The van der Waals surface area contributed by atoms with Crippen LogP contribution in [0.5, 0.6) is 0 Å². The largest absolute Gasteiger partial charge is 0.378 e. The number of rotatable bonds is 6. The van der Waals surface area contributed by atoms with E-state index in [4.69, 9.17) is 9.47 Å². The van der Waals surface area contributed by atoms with Crippen LogP contribution in [0.3, 0.4) is 0 Å². The fourth-order valence-electron chi connectivity index (χ4n) is 5.35. The van der Waals surface area contributed by atoms with Crippen LogP contribution in [0.15, 0.2) is 23.4 Å². The molecule has 0 bridgehead atoms. The van der Waals surface area contributed by atoms with Gasteiger partial charge in [-0.25, -0.2) is 22.2 Å². The van der Waals surface area contributed by atoms with Crippen molar-refractivity contribution in [2.75, 3.05) is 44.4 Å². The predicted octanol–water partition coefficient (Wildman–Crippen LogP) is 1.66. The van der Waals surface area contributed by atoms with E-state index >= 15 is 0 Å². The third kappa shape index (κ3) is 4.46. The number of imidazole rings is 1. The molecule has 0 radical (unpaired) electrons. The van der Waals surface area contributed by atoms with E-state index in [1.54, 1.807) is 17.4 Å². The number of nitriles is 1. The number of hydrogen-bond acceptors (Lipinski definition) is 11. The van der Waals surface area contributed by atoms with Crippen molar-refractivity contribution in [3.8, 4) is 16.8 Å². The van der Waals surface area contributed by atoms with E-state index in [-0.39, 0.29) is 34.3 Å². The highest BCUT2D eigenvalue weighted by atomic mass is 32.2. The van der Waals surface area contributed by atoms with Crippen molar-refractivity contribution >= 4 is 32.7 Å². The molecule has 0 aromatic carbocycles. The number of piperazine rings is 1. The standard InChI is InChI=1S/C23H26F2N8O4S2/c1-13-7-31(8-15-9-36-4-3-32(13)15)18-6-16(39(34,35)30-23(10-26)11-37-14(23)2)5-17-19(27-12-33(17)18)21-28-29-22(38-21)20(24)25/h5-6,12-15,20,30H,3-4,7-9,11H2,1-2H3/t13-,14?,15+,23?/m0/s1. The number of ether oxygens (including phenoxy) is 2. The number of hydrogen-bond donors (Lipinski definition) is 1. The molecule has 1 N–H and O–H groups in total. The second kappa shape index (κ2) is 9.68. The first-order valence-electron chi connectivity index (χ1n) is 12.4. The molecule has 0 amide bonds. The van der Waals surface area contributed by atoms with Gasteiger partial charge in [-0.1, -0.05) is 11.3 Å². The molecule has 0 aliphatic carbocycles. The Morgan fingerprint density at radius 3 is 2.77 bits per heavy atom. The first kappa shape index (κ1) is 26.4. The number of nitrogens with one attached hydrogen (secondary N) is 1. The molecule has 6 heterocycles. The molecule has 12 nitrogen and oxygen atoms in total. The Morgan fingerprint density at radius 1 is 1.28 bits per heavy atom. The zero-order chi connectivity index (χ0) is 27.5. The van der Waals surface area contributed by atoms with Crippen molar-refractivity contribution < 1.29 is 26.7 Å². The SMILES string of the molecule is CC1OCC1(C#N)NS(=O)(=O)c1cc(N2C[C@@H]3COCCN3[C@@H](C)C2)n2cnc(-c3nnc(C(F)F)s3)c2c1. The summed E-state index contributed by atoms with van der Waals surface area (Å²) < 4.78 is 69.1. The maximum absolute atomic E-state index is 13.7. The van der Waals surface area contributed by atoms with Gasteiger partial charge in [0.05, 0.1) is 48.4 Å². The minimum Gasteiger partial charge on any atom is -0.378 e. The zero-order valence-corrected chi connectivity index (χ0v) is 22.8. The second-order valence-corrected chi connectivity index (χ2v) is 12.7. The molecule has 3 aromatic rings. The maximum Gasteiger partial charge on any atom is 0.291 e. The quantitative estimate of drug-likeness (QED) is 0.458. The summed E-state index contributed by atoms with van der Waals surface area (Å²) in [5.41, 5.74) is -0.788. The fraction of sp³-hybridized carbons (Fsp3) is 0.565. The molecule has 16 heteroatoms. The number of alkyl halides is 2. The molecule has 3 fully saturated rings. The summed E-state index contributed by atoms with van der Waals surface area (Å²) in [4.78, 5) is 8.81. The Bertz CT molecular complexity index is 1560. The van der Waals surface area contributed by atoms with E-state index in [9.17, 15) is 22.5 Å². The van der Waals surface area contributed by atoms with Crippen LogP contribution in [0.25, 0.3) is 16.2 Å². The maximum atomic E-state index is 13.7. The average molecular weight is 581 g/mol. The lowest BCUT2D eigenvalue weighted by Gasteiger charge is -2.48. The van der Waals surface area contributed by atoms with Gasteiger partial charge < -0.3 is 14.4 Å². The Balaban J connectivity index is 1.47. The number of fused-ring (bicyclic) bond motifs is 2. The Kier molecular flexibility index (Phi) is 6.56. The van der Waals surface area contributed by atoms with Crippen LogP contribution in [0.2, 0.25) is 0 Å². The van der Waals surface area contributed by atoms with Crippen molar-refractivity contribution in [3.05, 3.63) is 23.5 Å². The van der Waals surface area contributed by atoms with Gasteiger partial charge in [0.2, 0.25) is 10.0 Å². The molecular weight excluding hydrogens is 554 g/mol. The highest BCUT2D eigenvalue weighted by molar-refractivity contribution is 7.89. The van der Waals surface area contributed by atoms with Crippen LogP contribution in [0.1, 0.15) is 25.3 Å². The van der Waals surface area contributed by atoms with Gasteiger partial charge in [-0.15, -0.1) is 10.2 Å². The summed E-state index contributed by atoms with van der Waals surface area (Å²) in [6.45, 7) is 6.93. The molecule has 3 aliphatic heterocycles. The summed E-state index contributed by atoms with van der Waals surface area (Å²) in [7, 11) is -4.21. The molecule has 4 atom stereocenters. The van der Waals surface area contributed by atoms with Crippen LogP contribution in [0.4, 0.5) is 14.6 Å². The zero-order valence-electron chi connectivity index (χ0n) is 21.1. The minimum atomic E-state index is -4.21. The van der Waals surface area contributed by atoms with Crippen LogP contribution in [-0.2, 0) is 19.5 Å². The van der Waals surface area contributed by atoms with Gasteiger partial charge in [0.15, 0.2) is 15.6 Å². The highest BCUT2D eigenvalue weighted by Gasteiger charge is 2.49. The van der Waals surface area contributed by atoms with E-state index in [0.717, 1.165) is 6.54 Å². The molecule has 208 valence electrons. The monoisotopic (exact) mass is 580 g/mol. The molecule has 3 aliphatic rings. The summed E-state index contributed by atoms with van der Waals surface area (Å²) in [6, 6.07) is 5.29. The van der Waals surface area contributed by atoms with E-state index in [1.165, 1.54) is 12.4 Å². The van der Waals surface area contributed by atoms with Crippen molar-refractivity contribution in [2.24, 2.45) is 0 Å². The van der Waals surface area contributed by atoms with Gasteiger partial charge in [-0.2, -0.15) is 9.98 Å². The first-order valence-corrected chi connectivity index (χ1v) is 14.7. The van der Waals surface area contributed by atoms with Crippen LogP contribution < -0.4 is 9.62 Å². The Labute approximate surface area is 227 Å². The topological polar surface area (TPSA) is 138 Å². The van der Waals surface area contributed by atoms with Gasteiger partial charge in [0.25, 0.3) is 6.43 Å². The molecule has 6 rings (SSSR count). The van der Waals surface area contributed by atoms with E-state index < -0.39 is 33.1 Å². The number of anilines is 1. The first-order chi connectivity index (χ1) is 18.6. The van der Waals surface area contributed by atoms with Gasteiger partial charge in [0, 0.05) is 25.7 Å². The van der Waals surface area contributed by atoms with Gasteiger partial charge in [0.1, 0.15) is 17.8 Å². The molecule has 0 spiro atoms. The van der Waals surface area contributed by atoms with Gasteiger partial charge in [-0.3, -0.25) is 9.30 Å². The smallest absolute Gasteiger partial charge is 0.291 e. The summed E-state index contributed by atoms with van der Waals surface area (Å²) in [5.74, 6) is 0.561. The lowest BCUT2D eigenvalue weighted by Crippen LogP contribution is -2.66. The van der Waals surface area contributed by atoms with Crippen LogP contribution >= 0.6 is 11.3 Å². The average Bonchev–Trinajstić information content (AvgIpc) is 3.58. The molecule has 2 unspecified atom stereocenters. The fourth-order valence-corrected chi connectivity index (χ4v) is 7.45. The summed E-state index contributed by atoms with van der Waals surface area (Å²) >= 11 is 0.701. The van der Waals surface area contributed by atoms with Crippen LogP contribution in [-0.4, -0.2) is 96.1 Å². The minimum absolute atomic E-state index is 0.0702. The predicted molar refractivity (Wildman–Crippen MR) is 136 cm³/mol.